The summed E-state index contributed by atoms with van der Waals surface area (Å²) in [6, 6.07) is 6.79. The zero-order valence-corrected chi connectivity index (χ0v) is 12.1. The second kappa shape index (κ2) is 6.05. The maximum absolute atomic E-state index is 13.9. The van der Waals surface area contributed by atoms with Gasteiger partial charge in [0.25, 0.3) is 0 Å². The summed E-state index contributed by atoms with van der Waals surface area (Å²) in [5, 5.41) is 4.24. The number of halogens is 1. The first-order chi connectivity index (χ1) is 9.47. The summed E-state index contributed by atoms with van der Waals surface area (Å²) in [7, 11) is 1.84. The number of aryl methyl sites for hydroxylation is 2. The maximum Gasteiger partial charge on any atom is 0.165 e. The molecule has 0 saturated carbocycles. The van der Waals surface area contributed by atoms with Crippen molar-refractivity contribution in [1.82, 2.24) is 9.78 Å². The molecule has 2 rings (SSSR count). The van der Waals surface area contributed by atoms with Crippen molar-refractivity contribution in [2.45, 2.75) is 32.9 Å². The number of nitrogens with zero attached hydrogens (tertiary/aromatic N) is 2. The first kappa shape index (κ1) is 14.5. The summed E-state index contributed by atoms with van der Waals surface area (Å²) in [5.74, 6) is -0.0781. The number of rotatable bonds is 5. The molecule has 2 N–H and O–H groups in total. The zero-order valence-electron chi connectivity index (χ0n) is 12.1. The largest absolute Gasteiger partial charge is 0.484 e. The minimum Gasteiger partial charge on any atom is -0.484 e. The average Bonchev–Trinajstić information content (AvgIpc) is 2.66. The van der Waals surface area contributed by atoms with Gasteiger partial charge in [-0.3, -0.25) is 4.68 Å². The fraction of sp³-hybridized carbons (Fsp3) is 0.400. The van der Waals surface area contributed by atoms with Gasteiger partial charge in [-0.1, -0.05) is 12.1 Å². The molecule has 4 nitrogen and oxygen atoms in total. The zero-order chi connectivity index (χ0) is 14.7. The summed E-state index contributed by atoms with van der Waals surface area (Å²) in [6.07, 6.45) is 0.581. The van der Waals surface area contributed by atoms with Gasteiger partial charge in [0.1, 0.15) is 6.61 Å². The molecule has 5 heteroatoms. The van der Waals surface area contributed by atoms with E-state index < -0.39 is 0 Å². The van der Waals surface area contributed by atoms with Crippen LogP contribution in [-0.4, -0.2) is 15.8 Å². The standard InChI is InChI=1S/C15H20FN3O/c1-10(17)7-12-5-4-6-14(16)15(12)20-9-13-8-11(2)18-19(13)3/h4-6,8,10H,7,9,17H2,1-3H3. The molecule has 1 unspecified atom stereocenters. The third kappa shape index (κ3) is 3.36. The molecule has 0 aliphatic carbocycles. The van der Waals surface area contributed by atoms with E-state index in [-0.39, 0.29) is 24.2 Å². The lowest BCUT2D eigenvalue weighted by Gasteiger charge is -2.14. The van der Waals surface area contributed by atoms with Gasteiger partial charge in [0, 0.05) is 13.1 Å². The van der Waals surface area contributed by atoms with Crippen LogP contribution >= 0.6 is 0 Å². The summed E-state index contributed by atoms with van der Waals surface area (Å²) in [5.41, 5.74) is 8.39. The van der Waals surface area contributed by atoms with E-state index in [1.54, 1.807) is 10.7 Å². The average molecular weight is 277 g/mol. The van der Waals surface area contributed by atoms with E-state index in [0.717, 1.165) is 17.0 Å². The Morgan fingerprint density at radius 1 is 1.45 bits per heavy atom. The Bertz CT molecular complexity index is 593. The van der Waals surface area contributed by atoms with Crippen LogP contribution in [0.4, 0.5) is 4.39 Å². The van der Waals surface area contributed by atoms with Gasteiger partial charge in [-0.05, 0) is 38.0 Å². The van der Waals surface area contributed by atoms with Crippen molar-refractivity contribution in [2.75, 3.05) is 0 Å². The Labute approximate surface area is 118 Å². The van der Waals surface area contributed by atoms with Crippen molar-refractivity contribution >= 4 is 0 Å². The quantitative estimate of drug-likeness (QED) is 0.912. The molecule has 1 heterocycles. The molecule has 0 saturated heterocycles. The summed E-state index contributed by atoms with van der Waals surface area (Å²) in [4.78, 5) is 0. The molecule has 0 fully saturated rings. The highest BCUT2D eigenvalue weighted by atomic mass is 19.1. The van der Waals surface area contributed by atoms with Crippen LogP contribution in [0.15, 0.2) is 24.3 Å². The molecule has 0 bridgehead atoms. The van der Waals surface area contributed by atoms with Crippen LogP contribution in [0.25, 0.3) is 0 Å². The second-order valence-corrected chi connectivity index (χ2v) is 5.10. The van der Waals surface area contributed by atoms with Gasteiger partial charge in [0.2, 0.25) is 0 Å². The number of aromatic nitrogens is 2. The molecule has 0 radical (unpaired) electrons. The first-order valence-corrected chi connectivity index (χ1v) is 6.62. The molecule has 1 aromatic heterocycles. The van der Waals surface area contributed by atoms with E-state index in [4.69, 9.17) is 10.5 Å². The Hall–Kier alpha value is -1.88. The highest BCUT2D eigenvalue weighted by molar-refractivity contribution is 5.35. The monoisotopic (exact) mass is 277 g/mol. The molecule has 0 spiro atoms. The fourth-order valence-electron chi connectivity index (χ4n) is 2.17. The van der Waals surface area contributed by atoms with Gasteiger partial charge in [0.15, 0.2) is 11.6 Å². The molecule has 0 aliphatic heterocycles. The van der Waals surface area contributed by atoms with Crippen LogP contribution in [0.3, 0.4) is 0 Å². The molecular formula is C15H20FN3O. The lowest BCUT2D eigenvalue weighted by atomic mass is 10.1. The van der Waals surface area contributed by atoms with E-state index in [1.165, 1.54) is 6.07 Å². The molecule has 1 aromatic carbocycles. The van der Waals surface area contributed by atoms with E-state index >= 15 is 0 Å². The lowest BCUT2D eigenvalue weighted by molar-refractivity contribution is 0.276. The fourth-order valence-corrected chi connectivity index (χ4v) is 2.17. The third-order valence-electron chi connectivity index (χ3n) is 3.05. The predicted octanol–water partition coefficient (Wildman–Crippen LogP) is 2.34. The number of nitrogens with two attached hydrogens (primary N) is 1. The molecule has 108 valence electrons. The summed E-state index contributed by atoms with van der Waals surface area (Å²) < 4.78 is 21.3. The molecular weight excluding hydrogens is 257 g/mol. The number of benzene rings is 1. The lowest BCUT2D eigenvalue weighted by Crippen LogP contribution is -2.18. The second-order valence-electron chi connectivity index (χ2n) is 5.10. The van der Waals surface area contributed by atoms with Crippen LogP contribution in [0.2, 0.25) is 0 Å². The van der Waals surface area contributed by atoms with Gasteiger partial charge in [-0.25, -0.2) is 4.39 Å². The van der Waals surface area contributed by atoms with Gasteiger partial charge in [-0.15, -0.1) is 0 Å². The van der Waals surface area contributed by atoms with Crippen molar-refractivity contribution in [3.63, 3.8) is 0 Å². The Morgan fingerprint density at radius 3 is 2.80 bits per heavy atom. The first-order valence-electron chi connectivity index (χ1n) is 6.62. The molecule has 0 aliphatic rings. The van der Waals surface area contributed by atoms with Crippen LogP contribution in [0, 0.1) is 12.7 Å². The van der Waals surface area contributed by atoms with Gasteiger partial charge >= 0.3 is 0 Å². The Balaban J connectivity index is 2.18. The van der Waals surface area contributed by atoms with Gasteiger partial charge < -0.3 is 10.5 Å². The highest BCUT2D eigenvalue weighted by Gasteiger charge is 2.12. The number of ether oxygens (including phenoxy) is 1. The topological polar surface area (TPSA) is 53.1 Å². The molecule has 1 atom stereocenters. The van der Waals surface area contributed by atoms with Crippen molar-refractivity contribution in [3.05, 3.63) is 47.0 Å². The van der Waals surface area contributed by atoms with E-state index in [9.17, 15) is 4.39 Å². The van der Waals surface area contributed by atoms with E-state index in [1.807, 2.05) is 33.0 Å². The molecule has 20 heavy (non-hydrogen) atoms. The number of para-hydroxylation sites is 1. The molecule has 2 aromatic rings. The van der Waals surface area contributed by atoms with Gasteiger partial charge in [0.05, 0.1) is 11.4 Å². The van der Waals surface area contributed by atoms with Crippen LogP contribution in [-0.2, 0) is 20.1 Å². The van der Waals surface area contributed by atoms with Gasteiger partial charge in [-0.2, -0.15) is 5.10 Å². The number of hydrogen-bond donors (Lipinski definition) is 1. The third-order valence-corrected chi connectivity index (χ3v) is 3.05. The van der Waals surface area contributed by atoms with Crippen molar-refractivity contribution in [3.8, 4) is 5.75 Å². The summed E-state index contributed by atoms with van der Waals surface area (Å²) in [6.45, 7) is 4.08. The Morgan fingerprint density at radius 2 is 2.20 bits per heavy atom. The van der Waals surface area contributed by atoms with Crippen LogP contribution in [0.5, 0.6) is 5.75 Å². The smallest absolute Gasteiger partial charge is 0.165 e. The predicted molar refractivity (Wildman–Crippen MR) is 76.0 cm³/mol. The van der Waals surface area contributed by atoms with Crippen LogP contribution < -0.4 is 10.5 Å². The molecule has 0 amide bonds. The SMILES string of the molecule is Cc1cc(COc2c(F)cccc2CC(C)N)n(C)n1. The van der Waals surface area contributed by atoms with Crippen molar-refractivity contribution < 1.29 is 9.13 Å². The Kier molecular flexibility index (Phi) is 4.39. The van der Waals surface area contributed by atoms with Crippen LogP contribution in [0.1, 0.15) is 23.9 Å². The highest BCUT2D eigenvalue weighted by Crippen LogP contribution is 2.24. The minimum atomic E-state index is -0.359. The van der Waals surface area contributed by atoms with Crippen molar-refractivity contribution in [2.24, 2.45) is 12.8 Å². The minimum absolute atomic E-state index is 0.0434. The van der Waals surface area contributed by atoms with E-state index in [2.05, 4.69) is 5.10 Å². The maximum atomic E-state index is 13.9. The van der Waals surface area contributed by atoms with E-state index in [0.29, 0.717) is 6.42 Å². The number of hydrogen-bond acceptors (Lipinski definition) is 3. The normalized spacial score (nSPS) is 12.4. The summed E-state index contributed by atoms with van der Waals surface area (Å²) >= 11 is 0. The van der Waals surface area contributed by atoms with Crippen molar-refractivity contribution in [1.29, 1.82) is 0 Å².